The van der Waals surface area contributed by atoms with Crippen molar-refractivity contribution in [2.45, 2.75) is 51.8 Å². The first kappa shape index (κ1) is 18.5. The lowest BCUT2D eigenvalue weighted by Crippen LogP contribution is -2.36. The molecule has 1 atom stereocenters. The number of carbonyl (C=O) groups is 2. The number of hydrogen-bond donors (Lipinski definition) is 2. The number of carbonyl (C=O) groups excluding carboxylic acids is 1. The predicted molar refractivity (Wildman–Crippen MR) is 65.3 cm³/mol. The maximum atomic E-state index is 12.3. The van der Waals surface area contributed by atoms with Crippen molar-refractivity contribution in [3.63, 3.8) is 0 Å². The number of carboxylic acid groups (broad SMARTS) is 1. The number of hydrogen-bond acceptors (Lipinski definition) is 3. The molecule has 8 heteroatoms. The minimum Gasteiger partial charge on any atom is -0.481 e. The van der Waals surface area contributed by atoms with Gasteiger partial charge in [0.05, 0.1) is 0 Å². The number of rotatable bonds is 6. The molecule has 0 rings (SSSR count). The van der Waals surface area contributed by atoms with Gasteiger partial charge in [-0.3, -0.25) is 4.79 Å². The highest BCUT2D eigenvalue weighted by atomic mass is 19.4. The summed E-state index contributed by atoms with van der Waals surface area (Å²) in [6, 6.07) is 0. The van der Waals surface area contributed by atoms with Gasteiger partial charge in [-0.25, -0.2) is 4.79 Å². The fourth-order valence-corrected chi connectivity index (χ4v) is 1.47. The third kappa shape index (κ3) is 11.6. The Morgan fingerprint density at radius 2 is 1.80 bits per heavy atom. The van der Waals surface area contributed by atoms with E-state index in [1.165, 1.54) is 0 Å². The number of aliphatic carboxylic acids is 1. The van der Waals surface area contributed by atoms with Crippen molar-refractivity contribution in [1.82, 2.24) is 5.32 Å². The van der Waals surface area contributed by atoms with Crippen LogP contribution in [0.25, 0.3) is 0 Å². The van der Waals surface area contributed by atoms with Gasteiger partial charge < -0.3 is 15.2 Å². The predicted octanol–water partition coefficient (Wildman–Crippen LogP) is 2.94. The van der Waals surface area contributed by atoms with Gasteiger partial charge >= 0.3 is 18.2 Å². The Labute approximate surface area is 115 Å². The zero-order chi connectivity index (χ0) is 16.0. The van der Waals surface area contributed by atoms with Gasteiger partial charge in [0.25, 0.3) is 0 Å². The van der Waals surface area contributed by atoms with Crippen molar-refractivity contribution in [2.24, 2.45) is 5.92 Å². The third-order valence-corrected chi connectivity index (χ3v) is 2.22. The molecule has 0 aromatic rings. The number of ether oxygens (including phenoxy) is 1. The molecule has 0 heterocycles. The first-order valence-corrected chi connectivity index (χ1v) is 6.14. The second-order valence-electron chi connectivity index (χ2n) is 5.50. The molecule has 20 heavy (non-hydrogen) atoms. The highest BCUT2D eigenvalue weighted by Gasteiger charge is 2.32. The molecule has 0 aromatic carbocycles. The molecule has 0 radical (unpaired) electrons. The van der Waals surface area contributed by atoms with E-state index in [0.29, 0.717) is 0 Å². The highest BCUT2D eigenvalue weighted by Crippen LogP contribution is 2.27. The van der Waals surface area contributed by atoms with Gasteiger partial charge in [-0.2, -0.15) is 13.2 Å². The van der Waals surface area contributed by atoms with Crippen LogP contribution in [-0.4, -0.2) is 35.5 Å². The van der Waals surface area contributed by atoms with Crippen LogP contribution in [0.2, 0.25) is 0 Å². The molecule has 0 aromatic heterocycles. The average molecular weight is 299 g/mol. The summed E-state index contributed by atoms with van der Waals surface area (Å²) >= 11 is 0. The summed E-state index contributed by atoms with van der Waals surface area (Å²) in [6.45, 7) is 4.61. The van der Waals surface area contributed by atoms with Crippen LogP contribution >= 0.6 is 0 Å². The Morgan fingerprint density at radius 3 is 2.20 bits per heavy atom. The summed E-state index contributed by atoms with van der Waals surface area (Å²) < 4.78 is 41.9. The molecule has 0 fully saturated rings. The molecule has 1 amide bonds. The summed E-state index contributed by atoms with van der Waals surface area (Å²) in [6.07, 6.45) is -6.91. The molecule has 0 saturated heterocycles. The summed E-state index contributed by atoms with van der Waals surface area (Å²) in [5, 5.41) is 10.7. The van der Waals surface area contributed by atoms with Crippen molar-refractivity contribution < 1.29 is 32.6 Å². The summed E-state index contributed by atoms with van der Waals surface area (Å²) in [7, 11) is 0. The smallest absolute Gasteiger partial charge is 0.407 e. The zero-order valence-corrected chi connectivity index (χ0v) is 11.7. The Balaban J connectivity index is 4.34. The van der Waals surface area contributed by atoms with Crippen molar-refractivity contribution in [3.8, 4) is 0 Å². The van der Waals surface area contributed by atoms with E-state index in [4.69, 9.17) is 9.84 Å². The third-order valence-electron chi connectivity index (χ3n) is 2.22. The molecular formula is C12H20F3NO4. The lowest BCUT2D eigenvalue weighted by atomic mass is 9.99. The maximum Gasteiger partial charge on any atom is 0.407 e. The highest BCUT2D eigenvalue weighted by molar-refractivity contribution is 5.68. The van der Waals surface area contributed by atoms with Crippen LogP contribution < -0.4 is 5.32 Å². The molecule has 0 spiro atoms. The van der Waals surface area contributed by atoms with Crippen molar-refractivity contribution >= 4 is 12.1 Å². The average Bonchev–Trinajstić information content (AvgIpc) is 2.17. The van der Waals surface area contributed by atoms with E-state index in [0.717, 1.165) is 0 Å². The quantitative estimate of drug-likeness (QED) is 0.790. The van der Waals surface area contributed by atoms with Crippen LogP contribution in [0.5, 0.6) is 0 Å². The number of halogens is 3. The maximum absolute atomic E-state index is 12.3. The Hall–Kier alpha value is -1.47. The Bertz CT molecular complexity index is 337. The molecule has 0 bridgehead atoms. The molecule has 118 valence electrons. The molecule has 5 nitrogen and oxygen atoms in total. The van der Waals surface area contributed by atoms with Crippen LogP contribution in [0.4, 0.5) is 18.0 Å². The van der Waals surface area contributed by atoms with E-state index in [1.807, 2.05) is 0 Å². The minimum atomic E-state index is -4.40. The normalized spacial score (nSPS) is 13.7. The summed E-state index contributed by atoms with van der Waals surface area (Å²) in [4.78, 5) is 21.7. The SMILES string of the molecule is CC(C)(C)OC(=O)NCC(CCC(=O)O)CC(F)(F)F. The first-order valence-electron chi connectivity index (χ1n) is 6.14. The number of nitrogens with one attached hydrogen (secondary N) is 1. The summed E-state index contributed by atoms with van der Waals surface area (Å²) in [5.74, 6) is -2.16. The van der Waals surface area contributed by atoms with Crippen LogP contribution in [0.1, 0.15) is 40.0 Å². The molecule has 1 unspecified atom stereocenters. The van der Waals surface area contributed by atoms with Crippen molar-refractivity contribution in [2.75, 3.05) is 6.54 Å². The van der Waals surface area contributed by atoms with Crippen molar-refractivity contribution in [1.29, 1.82) is 0 Å². The fourth-order valence-electron chi connectivity index (χ4n) is 1.47. The van der Waals surface area contributed by atoms with Gasteiger partial charge in [-0.1, -0.05) is 0 Å². The zero-order valence-electron chi connectivity index (χ0n) is 11.7. The van der Waals surface area contributed by atoms with Gasteiger partial charge in [0, 0.05) is 19.4 Å². The lowest BCUT2D eigenvalue weighted by Gasteiger charge is -2.22. The van der Waals surface area contributed by atoms with E-state index in [2.05, 4.69) is 5.32 Å². The van der Waals surface area contributed by atoms with Gasteiger partial charge in [-0.05, 0) is 33.1 Å². The van der Waals surface area contributed by atoms with Crippen LogP contribution in [0.3, 0.4) is 0 Å². The molecular weight excluding hydrogens is 279 g/mol. The molecule has 0 aliphatic heterocycles. The van der Waals surface area contributed by atoms with E-state index in [-0.39, 0.29) is 19.4 Å². The van der Waals surface area contributed by atoms with Gasteiger partial charge in [-0.15, -0.1) is 0 Å². The van der Waals surface area contributed by atoms with Crippen LogP contribution in [0.15, 0.2) is 0 Å². The molecule has 0 aliphatic carbocycles. The Morgan fingerprint density at radius 1 is 1.25 bits per heavy atom. The molecule has 2 N–H and O–H groups in total. The molecule has 0 aliphatic rings. The lowest BCUT2D eigenvalue weighted by molar-refractivity contribution is -0.147. The van der Waals surface area contributed by atoms with E-state index in [1.54, 1.807) is 20.8 Å². The van der Waals surface area contributed by atoms with Crippen LogP contribution in [0, 0.1) is 5.92 Å². The Kier molecular flexibility index (Phi) is 6.81. The first-order chi connectivity index (χ1) is 8.89. The van der Waals surface area contributed by atoms with Crippen molar-refractivity contribution in [3.05, 3.63) is 0 Å². The summed E-state index contributed by atoms with van der Waals surface area (Å²) in [5.41, 5.74) is -0.745. The molecule has 0 saturated carbocycles. The van der Waals surface area contributed by atoms with Gasteiger partial charge in [0.1, 0.15) is 5.60 Å². The largest absolute Gasteiger partial charge is 0.481 e. The standard InChI is InChI=1S/C12H20F3NO4/c1-11(2,3)20-10(19)16-7-8(4-5-9(17)18)6-12(13,14)15/h8H,4-7H2,1-3H3,(H,16,19)(H,17,18). The van der Waals surface area contributed by atoms with E-state index in [9.17, 15) is 22.8 Å². The number of alkyl carbamates (subject to hydrolysis) is 1. The number of amides is 1. The number of alkyl halides is 3. The second-order valence-corrected chi connectivity index (χ2v) is 5.50. The van der Waals surface area contributed by atoms with E-state index < -0.39 is 36.2 Å². The fraction of sp³-hybridized carbons (Fsp3) is 0.833. The number of carboxylic acids is 1. The second kappa shape index (κ2) is 7.35. The van der Waals surface area contributed by atoms with Gasteiger partial charge in [0.15, 0.2) is 0 Å². The topological polar surface area (TPSA) is 75.6 Å². The van der Waals surface area contributed by atoms with Gasteiger partial charge in [0.2, 0.25) is 0 Å². The monoisotopic (exact) mass is 299 g/mol. The minimum absolute atomic E-state index is 0.162. The van der Waals surface area contributed by atoms with E-state index >= 15 is 0 Å². The van der Waals surface area contributed by atoms with Crippen LogP contribution in [-0.2, 0) is 9.53 Å².